The summed E-state index contributed by atoms with van der Waals surface area (Å²) in [4.78, 5) is 11.8. The van der Waals surface area contributed by atoms with Gasteiger partial charge in [0.1, 0.15) is 5.75 Å². The van der Waals surface area contributed by atoms with Gasteiger partial charge in [0.25, 0.3) is 0 Å². The molecule has 7 nitrogen and oxygen atoms in total. The minimum absolute atomic E-state index is 0.162. The van der Waals surface area contributed by atoms with E-state index in [-0.39, 0.29) is 18.2 Å². The van der Waals surface area contributed by atoms with Crippen molar-refractivity contribution in [3.05, 3.63) is 29.8 Å². The van der Waals surface area contributed by atoms with Crippen LogP contribution in [0.15, 0.2) is 24.3 Å². The van der Waals surface area contributed by atoms with E-state index in [1.54, 1.807) is 12.1 Å². The molecule has 118 valence electrons. The summed E-state index contributed by atoms with van der Waals surface area (Å²) in [6.07, 6.45) is 1.94. The van der Waals surface area contributed by atoms with Gasteiger partial charge in [-0.1, -0.05) is 12.1 Å². The third-order valence-corrected chi connectivity index (χ3v) is 3.47. The van der Waals surface area contributed by atoms with Gasteiger partial charge in [0.05, 0.1) is 12.3 Å². The number of carbonyl (C=O) groups is 1. The largest absolute Gasteiger partial charge is 0.508 e. The Morgan fingerprint density at radius 2 is 1.90 bits per heavy atom. The van der Waals surface area contributed by atoms with Crippen LogP contribution < -0.4 is 15.8 Å². The van der Waals surface area contributed by atoms with Crippen molar-refractivity contribution in [3.8, 4) is 5.75 Å². The number of carbonyl (C=O) groups excluding carboxylic acids is 1. The summed E-state index contributed by atoms with van der Waals surface area (Å²) in [5.41, 5.74) is 6.64. The van der Waals surface area contributed by atoms with Crippen molar-refractivity contribution < 1.29 is 18.3 Å². The topological polar surface area (TPSA) is 122 Å². The maximum Gasteiger partial charge on any atom is 0.237 e. The molecule has 21 heavy (non-hydrogen) atoms. The van der Waals surface area contributed by atoms with Gasteiger partial charge in [0.15, 0.2) is 0 Å². The van der Waals surface area contributed by atoms with E-state index in [0.717, 1.165) is 11.8 Å². The van der Waals surface area contributed by atoms with E-state index >= 15 is 0 Å². The first-order valence-corrected chi connectivity index (χ1v) is 8.43. The molecule has 0 aliphatic heterocycles. The molecule has 0 saturated carbocycles. The molecule has 0 spiro atoms. The minimum atomic E-state index is -3.19. The molecule has 0 fully saturated rings. The molecule has 5 N–H and O–H groups in total. The molecule has 0 radical (unpaired) electrons. The molecule has 0 aliphatic carbocycles. The number of hydrogen-bond acceptors (Lipinski definition) is 5. The van der Waals surface area contributed by atoms with Crippen molar-refractivity contribution in [2.45, 2.75) is 18.9 Å². The quantitative estimate of drug-likeness (QED) is 0.473. The second-order valence-corrected chi connectivity index (χ2v) is 6.62. The first-order chi connectivity index (χ1) is 9.78. The number of phenolic OH excluding ortho intramolecular Hbond substituents is 1. The zero-order valence-electron chi connectivity index (χ0n) is 11.9. The number of benzene rings is 1. The maximum atomic E-state index is 11.8. The van der Waals surface area contributed by atoms with E-state index in [2.05, 4.69) is 10.0 Å². The number of amides is 1. The molecule has 1 aromatic carbocycles. The Morgan fingerprint density at radius 1 is 1.29 bits per heavy atom. The summed E-state index contributed by atoms with van der Waals surface area (Å²) < 4.78 is 24.0. The van der Waals surface area contributed by atoms with Gasteiger partial charge in [-0.15, -0.1) is 0 Å². The molecule has 1 atom stereocenters. The standard InChI is InChI=1S/C13H21N3O4S/c1-21(19,20)16-8-2-7-15-13(18)12(14)9-10-3-5-11(17)6-4-10/h3-6,12,16-17H,2,7-9,14H2,1H3,(H,15,18)/t12-/m1/s1. The Kier molecular flexibility index (Phi) is 6.60. The molecule has 0 aromatic heterocycles. The van der Waals surface area contributed by atoms with Gasteiger partial charge in [-0.3, -0.25) is 4.79 Å². The average molecular weight is 315 g/mol. The van der Waals surface area contributed by atoms with Crippen LogP contribution in [0.5, 0.6) is 5.75 Å². The van der Waals surface area contributed by atoms with Crippen LogP contribution in [0, 0.1) is 0 Å². The lowest BCUT2D eigenvalue weighted by atomic mass is 10.1. The predicted molar refractivity (Wildman–Crippen MR) is 80.3 cm³/mol. The SMILES string of the molecule is CS(=O)(=O)NCCCNC(=O)[C@H](N)Cc1ccc(O)cc1. The zero-order chi connectivity index (χ0) is 15.9. The van der Waals surface area contributed by atoms with Crippen molar-refractivity contribution in [2.24, 2.45) is 5.73 Å². The molecule has 0 saturated heterocycles. The normalized spacial score (nSPS) is 12.9. The van der Waals surface area contributed by atoms with Crippen LogP contribution in [-0.4, -0.2) is 44.8 Å². The third kappa shape index (κ3) is 7.64. The van der Waals surface area contributed by atoms with Crippen LogP contribution >= 0.6 is 0 Å². The van der Waals surface area contributed by atoms with Crippen molar-refractivity contribution in [1.29, 1.82) is 0 Å². The fourth-order valence-corrected chi connectivity index (χ4v) is 2.18. The molecule has 0 unspecified atom stereocenters. The van der Waals surface area contributed by atoms with Gasteiger partial charge < -0.3 is 16.2 Å². The summed E-state index contributed by atoms with van der Waals surface area (Å²) in [5.74, 6) is -0.127. The van der Waals surface area contributed by atoms with Crippen molar-refractivity contribution >= 4 is 15.9 Å². The second kappa shape index (κ2) is 7.96. The smallest absolute Gasteiger partial charge is 0.237 e. The molecule has 8 heteroatoms. The van der Waals surface area contributed by atoms with Crippen LogP contribution in [-0.2, 0) is 21.2 Å². The summed E-state index contributed by atoms with van der Waals surface area (Å²) in [5, 5.41) is 11.8. The monoisotopic (exact) mass is 315 g/mol. The van der Waals surface area contributed by atoms with Gasteiger partial charge in [-0.2, -0.15) is 0 Å². The number of hydrogen-bond donors (Lipinski definition) is 4. The zero-order valence-corrected chi connectivity index (χ0v) is 12.7. The highest BCUT2D eigenvalue weighted by atomic mass is 32.2. The Morgan fingerprint density at radius 3 is 2.48 bits per heavy atom. The number of sulfonamides is 1. The molecular formula is C13H21N3O4S. The van der Waals surface area contributed by atoms with E-state index in [1.165, 1.54) is 12.1 Å². The van der Waals surface area contributed by atoms with E-state index in [4.69, 9.17) is 10.8 Å². The van der Waals surface area contributed by atoms with Gasteiger partial charge in [0, 0.05) is 13.1 Å². The van der Waals surface area contributed by atoms with E-state index in [0.29, 0.717) is 19.4 Å². The highest BCUT2D eigenvalue weighted by molar-refractivity contribution is 7.88. The summed E-state index contributed by atoms with van der Waals surface area (Å²) >= 11 is 0. The van der Waals surface area contributed by atoms with Gasteiger partial charge in [0.2, 0.25) is 15.9 Å². The number of nitrogens with two attached hydrogens (primary N) is 1. The van der Waals surface area contributed by atoms with Crippen LogP contribution in [0.2, 0.25) is 0 Å². The molecule has 1 aromatic rings. The molecule has 1 rings (SSSR count). The molecule has 0 bridgehead atoms. The lowest BCUT2D eigenvalue weighted by Crippen LogP contribution is -2.42. The fourth-order valence-electron chi connectivity index (χ4n) is 1.67. The first kappa shape index (κ1) is 17.4. The van der Waals surface area contributed by atoms with Gasteiger partial charge in [-0.25, -0.2) is 13.1 Å². The second-order valence-electron chi connectivity index (χ2n) is 4.79. The Labute approximate surface area is 124 Å². The highest BCUT2D eigenvalue weighted by Gasteiger charge is 2.13. The van der Waals surface area contributed by atoms with Crippen molar-refractivity contribution in [2.75, 3.05) is 19.3 Å². The van der Waals surface area contributed by atoms with E-state index in [9.17, 15) is 13.2 Å². The highest BCUT2D eigenvalue weighted by Crippen LogP contribution is 2.10. The number of rotatable bonds is 8. The van der Waals surface area contributed by atoms with Crippen LogP contribution in [0.3, 0.4) is 0 Å². The van der Waals surface area contributed by atoms with E-state index in [1.807, 2.05) is 0 Å². The van der Waals surface area contributed by atoms with Gasteiger partial charge >= 0.3 is 0 Å². The van der Waals surface area contributed by atoms with E-state index < -0.39 is 16.1 Å². The first-order valence-electron chi connectivity index (χ1n) is 6.54. The Bertz CT molecular complexity index is 557. The summed E-state index contributed by atoms with van der Waals surface area (Å²) in [6, 6.07) is 5.81. The number of nitrogens with one attached hydrogen (secondary N) is 2. The minimum Gasteiger partial charge on any atom is -0.508 e. The molecular weight excluding hydrogens is 294 g/mol. The Hall–Kier alpha value is -1.64. The third-order valence-electron chi connectivity index (χ3n) is 2.75. The lowest BCUT2D eigenvalue weighted by Gasteiger charge is -2.12. The van der Waals surface area contributed by atoms with Gasteiger partial charge in [-0.05, 0) is 30.5 Å². The lowest BCUT2D eigenvalue weighted by molar-refractivity contribution is -0.122. The molecule has 1 amide bonds. The molecule has 0 heterocycles. The average Bonchev–Trinajstić information content (AvgIpc) is 2.39. The van der Waals surface area contributed by atoms with Crippen LogP contribution in [0.4, 0.5) is 0 Å². The number of phenols is 1. The molecule has 0 aliphatic rings. The Balaban J connectivity index is 2.26. The fraction of sp³-hybridized carbons (Fsp3) is 0.462. The maximum absolute atomic E-state index is 11.8. The predicted octanol–water partition coefficient (Wildman–Crippen LogP) is -0.682. The number of aromatic hydroxyl groups is 1. The van der Waals surface area contributed by atoms with Crippen LogP contribution in [0.25, 0.3) is 0 Å². The summed E-state index contributed by atoms with van der Waals surface area (Å²) in [7, 11) is -3.19. The van der Waals surface area contributed by atoms with Crippen LogP contribution in [0.1, 0.15) is 12.0 Å². The van der Waals surface area contributed by atoms with Crippen molar-refractivity contribution in [1.82, 2.24) is 10.0 Å². The summed E-state index contributed by atoms with van der Waals surface area (Å²) in [6.45, 7) is 0.622. The van der Waals surface area contributed by atoms with Crippen molar-refractivity contribution in [3.63, 3.8) is 0 Å².